The molecule has 2 rings (SSSR count). The van der Waals surface area contributed by atoms with Crippen molar-refractivity contribution in [1.29, 1.82) is 0 Å². The van der Waals surface area contributed by atoms with Crippen molar-refractivity contribution in [2.75, 3.05) is 18.0 Å². The normalized spacial score (nSPS) is 17.2. The Kier molecular flexibility index (Phi) is 3.82. The van der Waals surface area contributed by atoms with Gasteiger partial charge in [0.05, 0.1) is 4.47 Å². The number of aromatic nitrogens is 1. The van der Waals surface area contributed by atoms with Crippen LogP contribution in [0.25, 0.3) is 0 Å². The average Bonchev–Trinajstić information content (AvgIpc) is 2.33. The van der Waals surface area contributed by atoms with Gasteiger partial charge in [0, 0.05) is 25.2 Å². The number of aryl methyl sites for hydroxylation is 1. The van der Waals surface area contributed by atoms with Crippen molar-refractivity contribution in [2.24, 2.45) is 5.92 Å². The molecular formula is C13H17BrN2O. The molecule has 0 aromatic carbocycles. The zero-order valence-corrected chi connectivity index (χ0v) is 11.8. The number of carbonyl (C=O) groups is 1. The van der Waals surface area contributed by atoms with Gasteiger partial charge in [0.25, 0.3) is 0 Å². The van der Waals surface area contributed by atoms with Crippen molar-refractivity contribution in [3.63, 3.8) is 0 Å². The third-order valence-corrected chi connectivity index (χ3v) is 4.41. The minimum absolute atomic E-state index is 0.245. The standard InChI is InChI=1S/C13H17BrN2O/c1-9-3-6-15-13(12(9)14)16-7-4-11(5-8-16)10(2)17/h3,6,11H,4-5,7-8H2,1-2H3. The van der Waals surface area contributed by atoms with Crippen LogP contribution < -0.4 is 4.90 Å². The summed E-state index contributed by atoms with van der Waals surface area (Å²) in [6.07, 6.45) is 3.72. The molecule has 92 valence electrons. The number of pyridine rings is 1. The van der Waals surface area contributed by atoms with Crippen LogP contribution >= 0.6 is 15.9 Å². The van der Waals surface area contributed by atoms with Crippen molar-refractivity contribution >= 4 is 27.5 Å². The van der Waals surface area contributed by atoms with Gasteiger partial charge in [0.15, 0.2) is 0 Å². The molecule has 2 heterocycles. The third-order valence-electron chi connectivity index (χ3n) is 3.43. The van der Waals surface area contributed by atoms with E-state index in [1.165, 1.54) is 5.56 Å². The smallest absolute Gasteiger partial charge is 0.143 e. The molecule has 1 fully saturated rings. The molecule has 1 aromatic rings. The molecule has 1 saturated heterocycles. The van der Waals surface area contributed by atoms with Crippen molar-refractivity contribution < 1.29 is 4.79 Å². The van der Waals surface area contributed by atoms with Crippen LogP contribution in [0.3, 0.4) is 0 Å². The summed E-state index contributed by atoms with van der Waals surface area (Å²) in [6, 6.07) is 2.00. The van der Waals surface area contributed by atoms with Crippen LogP contribution in [-0.4, -0.2) is 23.9 Å². The van der Waals surface area contributed by atoms with Crippen LogP contribution in [0.2, 0.25) is 0 Å². The van der Waals surface area contributed by atoms with Gasteiger partial charge in [-0.2, -0.15) is 0 Å². The number of Topliss-reactive ketones (excluding diaryl/α,β-unsaturated/α-hetero) is 1. The highest BCUT2D eigenvalue weighted by atomic mass is 79.9. The number of ketones is 1. The molecule has 0 aliphatic carbocycles. The lowest BCUT2D eigenvalue weighted by atomic mass is 9.93. The van der Waals surface area contributed by atoms with E-state index in [2.05, 4.69) is 32.7 Å². The van der Waals surface area contributed by atoms with E-state index in [1.54, 1.807) is 6.92 Å². The summed E-state index contributed by atoms with van der Waals surface area (Å²) in [5.74, 6) is 1.57. The minimum atomic E-state index is 0.245. The van der Waals surface area contributed by atoms with Gasteiger partial charge in [-0.05, 0) is 54.2 Å². The molecule has 0 saturated carbocycles. The summed E-state index contributed by atoms with van der Waals surface area (Å²) < 4.78 is 1.07. The van der Waals surface area contributed by atoms with Crippen molar-refractivity contribution in [3.8, 4) is 0 Å². The lowest BCUT2D eigenvalue weighted by molar-refractivity contribution is -0.121. The first-order valence-corrected chi connectivity index (χ1v) is 6.75. The second-order valence-electron chi connectivity index (χ2n) is 4.64. The maximum atomic E-state index is 11.3. The summed E-state index contributed by atoms with van der Waals surface area (Å²) in [5, 5.41) is 0. The molecule has 0 radical (unpaired) electrons. The maximum Gasteiger partial charge on any atom is 0.143 e. The molecule has 17 heavy (non-hydrogen) atoms. The van der Waals surface area contributed by atoms with E-state index >= 15 is 0 Å². The van der Waals surface area contributed by atoms with Crippen LogP contribution in [0.1, 0.15) is 25.3 Å². The fraction of sp³-hybridized carbons (Fsp3) is 0.538. The Balaban J connectivity index is 2.10. The van der Waals surface area contributed by atoms with E-state index < -0.39 is 0 Å². The Bertz CT molecular complexity index is 425. The van der Waals surface area contributed by atoms with E-state index in [1.807, 2.05) is 12.3 Å². The van der Waals surface area contributed by atoms with Gasteiger partial charge in [0.1, 0.15) is 11.6 Å². The van der Waals surface area contributed by atoms with Gasteiger partial charge >= 0.3 is 0 Å². The van der Waals surface area contributed by atoms with Crippen LogP contribution in [0.5, 0.6) is 0 Å². The van der Waals surface area contributed by atoms with Crippen LogP contribution in [0.4, 0.5) is 5.82 Å². The Morgan fingerprint density at radius 1 is 1.47 bits per heavy atom. The largest absolute Gasteiger partial charge is 0.356 e. The Labute approximate surface area is 110 Å². The number of hydrogen-bond donors (Lipinski definition) is 0. The molecule has 4 heteroatoms. The minimum Gasteiger partial charge on any atom is -0.356 e. The first-order chi connectivity index (χ1) is 8.09. The third kappa shape index (κ3) is 2.68. The molecule has 3 nitrogen and oxygen atoms in total. The highest BCUT2D eigenvalue weighted by Crippen LogP contribution is 2.30. The number of piperidine rings is 1. The van der Waals surface area contributed by atoms with Gasteiger partial charge in [-0.25, -0.2) is 4.98 Å². The van der Waals surface area contributed by atoms with Gasteiger partial charge in [-0.3, -0.25) is 4.79 Å². The fourth-order valence-corrected chi connectivity index (χ4v) is 2.73. The Hall–Kier alpha value is -0.900. The summed E-state index contributed by atoms with van der Waals surface area (Å²) in [5.41, 5.74) is 1.20. The quantitative estimate of drug-likeness (QED) is 0.841. The molecule has 0 unspecified atom stereocenters. The summed E-state index contributed by atoms with van der Waals surface area (Å²) in [7, 11) is 0. The highest BCUT2D eigenvalue weighted by Gasteiger charge is 2.24. The first-order valence-electron chi connectivity index (χ1n) is 5.96. The molecule has 1 aliphatic heterocycles. The summed E-state index contributed by atoms with van der Waals surface area (Å²) in [4.78, 5) is 18.0. The molecule has 0 N–H and O–H groups in total. The van der Waals surface area contributed by atoms with E-state index in [0.29, 0.717) is 5.78 Å². The van der Waals surface area contributed by atoms with E-state index in [0.717, 1.165) is 36.2 Å². The summed E-state index contributed by atoms with van der Waals surface area (Å²) in [6.45, 7) is 5.59. The number of hydrogen-bond acceptors (Lipinski definition) is 3. The predicted molar refractivity (Wildman–Crippen MR) is 72.3 cm³/mol. The lowest BCUT2D eigenvalue weighted by Crippen LogP contribution is -2.36. The van der Waals surface area contributed by atoms with Crippen molar-refractivity contribution in [2.45, 2.75) is 26.7 Å². The summed E-state index contributed by atoms with van der Waals surface area (Å²) >= 11 is 3.59. The second-order valence-corrected chi connectivity index (χ2v) is 5.43. The van der Waals surface area contributed by atoms with Crippen LogP contribution in [0.15, 0.2) is 16.7 Å². The molecule has 0 spiro atoms. The zero-order chi connectivity index (χ0) is 12.4. The average molecular weight is 297 g/mol. The number of halogens is 1. The van der Waals surface area contributed by atoms with Gasteiger partial charge in [-0.1, -0.05) is 0 Å². The van der Waals surface area contributed by atoms with Crippen molar-refractivity contribution in [1.82, 2.24) is 4.98 Å². The number of rotatable bonds is 2. The van der Waals surface area contributed by atoms with E-state index in [9.17, 15) is 4.79 Å². The predicted octanol–water partition coefficient (Wildman–Crippen LogP) is 2.96. The lowest BCUT2D eigenvalue weighted by Gasteiger charge is -2.32. The van der Waals surface area contributed by atoms with Crippen molar-refractivity contribution in [3.05, 3.63) is 22.3 Å². The Morgan fingerprint density at radius 3 is 2.71 bits per heavy atom. The van der Waals surface area contributed by atoms with Gasteiger partial charge < -0.3 is 4.90 Å². The molecule has 1 aromatic heterocycles. The topological polar surface area (TPSA) is 33.2 Å². The molecule has 0 bridgehead atoms. The SMILES string of the molecule is CC(=O)C1CCN(c2nccc(C)c2Br)CC1. The second kappa shape index (κ2) is 5.17. The monoisotopic (exact) mass is 296 g/mol. The number of anilines is 1. The number of carbonyl (C=O) groups excluding carboxylic acids is 1. The van der Waals surface area contributed by atoms with E-state index in [4.69, 9.17) is 0 Å². The molecule has 0 amide bonds. The van der Waals surface area contributed by atoms with E-state index in [-0.39, 0.29) is 5.92 Å². The van der Waals surface area contributed by atoms with Gasteiger partial charge in [-0.15, -0.1) is 0 Å². The number of nitrogens with zero attached hydrogens (tertiary/aromatic N) is 2. The zero-order valence-electron chi connectivity index (χ0n) is 10.2. The molecule has 1 aliphatic rings. The van der Waals surface area contributed by atoms with Crippen LogP contribution in [-0.2, 0) is 4.79 Å². The Morgan fingerprint density at radius 2 is 2.12 bits per heavy atom. The first kappa shape index (κ1) is 12.6. The van der Waals surface area contributed by atoms with Crippen LogP contribution in [0, 0.1) is 12.8 Å². The maximum absolute atomic E-state index is 11.3. The molecular weight excluding hydrogens is 280 g/mol. The fourth-order valence-electron chi connectivity index (χ4n) is 2.24. The molecule has 0 atom stereocenters. The van der Waals surface area contributed by atoms with Gasteiger partial charge in [0.2, 0.25) is 0 Å². The highest BCUT2D eigenvalue weighted by molar-refractivity contribution is 9.10.